The first kappa shape index (κ1) is 14.5. The van der Waals surface area contributed by atoms with Gasteiger partial charge in [-0.2, -0.15) is 0 Å². The van der Waals surface area contributed by atoms with Crippen molar-refractivity contribution in [2.45, 2.75) is 65.5 Å². The second-order valence-electron chi connectivity index (χ2n) is 6.16. The molecule has 1 heterocycles. The van der Waals surface area contributed by atoms with Crippen molar-refractivity contribution in [3.05, 3.63) is 0 Å². The third-order valence-electron chi connectivity index (χ3n) is 3.63. The van der Waals surface area contributed by atoms with Gasteiger partial charge in [0.25, 0.3) is 0 Å². The molecule has 17 heavy (non-hydrogen) atoms. The van der Waals surface area contributed by atoms with Crippen molar-refractivity contribution in [1.29, 1.82) is 0 Å². The van der Waals surface area contributed by atoms with Crippen molar-refractivity contribution in [3.63, 3.8) is 0 Å². The summed E-state index contributed by atoms with van der Waals surface area (Å²) in [5, 5.41) is 0. The molecule has 0 aliphatic carbocycles. The minimum Gasteiger partial charge on any atom is -0.340 e. The molecule has 1 fully saturated rings. The Morgan fingerprint density at radius 2 is 2.06 bits per heavy atom. The fourth-order valence-corrected chi connectivity index (χ4v) is 2.88. The molecule has 0 saturated carbocycles. The number of likely N-dealkylation sites (tertiary alicyclic amines) is 1. The number of nitrogens with zero attached hydrogens (tertiary/aromatic N) is 1. The molecule has 1 aliphatic heterocycles. The van der Waals surface area contributed by atoms with Gasteiger partial charge in [-0.15, -0.1) is 0 Å². The van der Waals surface area contributed by atoms with Gasteiger partial charge in [-0.05, 0) is 38.0 Å². The highest BCUT2D eigenvalue weighted by Gasteiger charge is 2.27. The predicted molar refractivity (Wildman–Crippen MR) is 71.6 cm³/mol. The number of amides is 1. The average molecular weight is 240 g/mol. The lowest BCUT2D eigenvalue weighted by Gasteiger charge is -2.37. The van der Waals surface area contributed by atoms with E-state index in [1.165, 1.54) is 0 Å². The summed E-state index contributed by atoms with van der Waals surface area (Å²) in [6, 6.07) is 0.597. The Labute approximate surface area is 106 Å². The Morgan fingerprint density at radius 1 is 1.41 bits per heavy atom. The van der Waals surface area contributed by atoms with Crippen LogP contribution >= 0.6 is 0 Å². The molecule has 1 amide bonds. The molecule has 3 nitrogen and oxygen atoms in total. The Morgan fingerprint density at radius 3 is 2.59 bits per heavy atom. The molecule has 0 aromatic rings. The van der Waals surface area contributed by atoms with Gasteiger partial charge in [0.05, 0.1) is 0 Å². The van der Waals surface area contributed by atoms with E-state index in [0.29, 0.717) is 30.2 Å². The van der Waals surface area contributed by atoms with Gasteiger partial charge in [-0.25, -0.2) is 0 Å². The first-order valence-corrected chi connectivity index (χ1v) is 6.95. The van der Waals surface area contributed by atoms with E-state index >= 15 is 0 Å². The SMILES string of the molecule is CC(C)C[C@H](C)CC(=O)N1CC[C@@H](N)C[C@H]1C. The lowest BCUT2D eigenvalue weighted by Crippen LogP contribution is -2.48. The van der Waals surface area contributed by atoms with Gasteiger partial charge >= 0.3 is 0 Å². The maximum Gasteiger partial charge on any atom is 0.223 e. The van der Waals surface area contributed by atoms with E-state index in [1.807, 2.05) is 4.90 Å². The van der Waals surface area contributed by atoms with Gasteiger partial charge in [0, 0.05) is 25.0 Å². The topological polar surface area (TPSA) is 46.3 Å². The fraction of sp³-hybridized carbons (Fsp3) is 0.929. The smallest absolute Gasteiger partial charge is 0.223 e. The molecule has 1 rings (SSSR count). The van der Waals surface area contributed by atoms with Crippen molar-refractivity contribution in [1.82, 2.24) is 4.90 Å². The molecule has 1 saturated heterocycles. The zero-order valence-corrected chi connectivity index (χ0v) is 11.8. The number of carbonyl (C=O) groups is 1. The molecule has 100 valence electrons. The highest BCUT2D eigenvalue weighted by molar-refractivity contribution is 5.76. The zero-order chi connectivity index (χ0) is 13.0. The van der Waals surface area contributed by atoms with Crippen LogP contribution in [0, 0.1) is 11.8 Å². The summed E-state index contributed by atoms with van der Waals surface area (Å²) < 4.78 is 0. The minimum atomic E-state index is 0.280. The second-order valence-corrected chi connectivity index (χ2v) is 6.16. The van der Waals surface area contributed by atoms with Gasteiger partial charge in [-0.3, -0.25) is 4.79 Å². The van der Waals surface area contributed by atoms with Gasteiger partial charge in [-0.1, -0.05) is 20.8 Å². The summed E-state index contributed by atoms with van der Waals surface area (Å²) in [6.07, 6.45) is 3.73. The molecule has 3 heteroatoms. The van der Waals surface area contributed by atoms with Crippen LogP contribution in [0.25, 0.3) is 0 Å². The molecule has 0 spiro atoms. The monoisotopic (exact) mass is 240 g/mol. The number of piperidine rings is 1. The van der Waals surface area contributed by atoms with Crippen molar-refractivity contribution < 1.29 is 4.79 Å². The first-order chi connectivity index (χ1) is 7.90. The minimum absolute atomic E-state index is 0.280. The lowest BCUT2D eigenvalue weighted by molar-refractivity contribution is -0.135. The standard InChI is InChI=1S/C14H28N2O/c1-10(2)7-11(3)8-14(17)16-6-5-13(15)9-12(16)4/h10-13H,5-9,15H2,1-4H3/t11-,12+,13+/m0/s1. The van der Waals surface area contributed by atoms with Crippen LogP contribution in [0.15, 0.2) is 0 Å². The van der Waals surface area contributed by atoms with Crippen LogP contribution in [0.1, 0.15) is 53.4 Å². The Kier molecular flexibility index (Phi) is 5.44. The van der Waals surface area contributed by atoms with Crippen LogP contribution in [0.4, 0.5) is 0 Å². The van der Waals surface area contributed by atoms with E-state index in [4.69, 9.17) is 5.73 Å². The van der Waals surface area contributed by atoms with Crippen molar-refractivity contribution in [2.24, 2.45) is 17.6 Å². The number of nitrogens with two attached hydrogens (primary N) is 1. The molecule has 0 aromatic heterocycles. The molecule has 0 radical (unpaired) electrons. The van der Waals surface area contributed by atoms with E-state index in [-0.39, 0.29) is 6.04 Å². The van der Waals surface area contributed by atoms with E-state index in [9.17, 15) is 4.79 Å². The highest BCUT2D eigenvalue weighted by atomic mass is 16.2. The average Bonchev–Trinajstić information content (AvgIpc) is 2.15. The number of hydrogen-bond acceptors (Lipinski definition) is 2. The summed E-state index contributed by atoms with van der Waals surface area (Å²) >= 11 is 0. The van der Waals surface area contributed by atoms with E-state index < -0.39 is 0 Å². The molecular formula is C14H28N2O. The third kappa shape index (κ3) is 4.66. The number of rotatable bonds is 4. The Bertz CT molecular complexity index is 253. The van der Waals surface area contributed by atoms with Gasteiger partial charge < -0.3 is 10.6 Å². The van der Waals surface area contributed by atoms with E-state index in [0.717, 1.165) is 25.8 Å². The maximum absolute atomic E-state index is 12.2. The van der Waals surface area contributed by atoms with Crippen molar-refractivity contribution in [3.8, 4) is 0 Å². The van der Waals surface area contributed by atoms with Crippen LogP contribution in [-0.4, -0.2) is 29.4 Å². The second kappa shape index (κ2) is 6.39. The van der Waals surface area contributed by atoms with E-state index in [2.05, 4.69) is 27.7 Å². The molecule has 1 aliphatic rings. The first-order valence-electron chi connectivity index (χ1n) is 6.95. The Balaban J connectivity index is 2.41. The zero-order valence-electron chi connectivity index (χ0n) is 11.8. The van der Waals surface area contributed by atoms with Crippen LogP contribution < -0.4 is 5.73 Å². The lowest BCUT2D eigenvalue weighted by atomic mass is 9.93. The molecule has 0 aromatic carbocycles. The van der Waals surface area contributed by atoms with E-state index in [1.54, 1.807) is 0 Å². The Hall–Kier alpha value is -0.570. The van der Waals surface area contributed by atoms with Crippen LogP contribution in [0.3, 0.4) is 0 Å². The third-order valence-corrected chi connectivity index (χ3v) is 3.63. The quantitative estimate of drug-likeness (QED) is 0.820. The van der Waals surface area contributed by atoms with Crippen LogP contribution in [0.5, 0.6) is 0 Å². The molecular weight excluding hydrogens is 212 g/mol. The van der Waals surface area contributed by atoms with Crippen LogP contribution in [0.2, 0.25) is 0 Å². The summed E-state index contributed by atoms with van der Waals surface area (Å²) in [4.78, 5) is 14.2. The molecule has 0 unspecified atom stereocenters. The van der Waals surface area contributed by atoms with Crippen LogP contribution in [-0.2, 0) is 4.79 Å². The van der Waals surface area contributed by atoms with Crippen molar-refractivity contribution in [2.75, 3.05) is 6.54 Å². The molecule has 3 atom stereocenters. The number of hydrogen-bond donors (Lipinski definition) is 1. The summed E-state index contributed by atoms with van der Waals surface area (Å²) in [5.41, 5.74) is 5.92. The molecule has 0 bridgehead atoms. The summed E-state index contributed by atoms with van der Waals surface area (Å²) in [6.45, 7) is 9.56. The normalized spacial score (nSPS) is 27.3. The number of carbonyl (C=O) groups excluding carboxylic acids is 1. The fourth-order valence-electron chi connectivity index (χ4n) is 2.88. The van der Waals surface area contributed by atoms with Gasteiger partial charge in [0.2, 0.25) is 5.91 Å². The highest BCUT2D eigenvalue weighted by Crippen LogP contribution is 2.20. The van der Waals surface area contributed by atoms with Gasteiger partial charge in [0.15, 0.2) is 0 Å². The predicted octanol–water partition coefficient (Wildman–Crippen LogP) is 2.40. The largest absolute Gasteiger partial charge is 0.340 e. The summed E-state index contributed by atoms with van der Waals surface area (Å²) in [5.74, 6) is 1.48. The van der Waals surface area contributed by atoms with Crippen molar-refractivity contribution >= 4 is 5.91 Å². The molecule has 2 N–H and O–H groups in total. The maximum atomic E-state index is 12.2. The van der Waals surface area contributed by atoms with Gasteiger partial charge in [0.1, 0.15) is 0 Å². The summed E-state index contributed by atoms with van der Waals surface area (Å²) in [7, 11) is 0.